The standard InChI is InChI=1S/C15H23NO4S/c1-15(2,3)20-14(19)16-9-11(17)13(18)10-7-5-6-8-12(10)21-4/h5-8,11,13,17-18H,9H2,1-4H3,(H,16,19). The van der Waals surface area contributed by atoms with E-state index in [2.05, 4.69) is 5.32 Å². The first-order valence-corrected chi connectivity index (χ1v) is 7.93. The number of carbonyl (C=O) groups is 1. The van der Waals surface area contributed by atoms with E-state index in [1.54, 1.807) is 32.9 Å². The fourth-order valence-electron chi connectivity index (χ4n) is 1.73. The highest BCUT2D eigenvalue weighted by molar-refractivity contribution is 7.98. The Bertz CT molecular complexity index is 473. The van der Waals surface area contributed by atoms with Crippen molar-refractivity contribution >= 4 is 17.9 Å². The molecule has 1 aromatic rings. The van der Waals surface area contributed by atoms with Crippen LogP contribution >= 0.6 is 11.8 Å². The number of alkyl carbamates (subject to hydrolysis) is 1. The van der Waals surface area contributed by atoms with Crippen LogP contribution in [0.3, 0.4) is 0 Å². The molecule has 0 aliphatic rings. The number of aliphatic hydroxyl groups excluding tert-OH is 2. The molecule has 3 N–H and O–H groups in total. The van der Waals surface area contributed by atoms with Crippen LogP contribution in [0.15, 0.2) is 29.2 Å². The van der Waals surface area contributed by atoms with Crippen molar-refractivity contribution in [3.05, 3.63) is 29.8 Å². The second-order valence-corrected chi connectivity index (χ2v) is 6.49. The number of carbonyl (C=O) groups excluding carboxylic acids is 1. The summed E-state index contributed by atoms with van der Waals surface area (Å²) in [5, 5.41) is 22.6. The summed E-state index contributed by atoms with van der Waals surface area (Å²) in [6.45, 7) is 5.19. The first-order chi connectivity index (χ1) is 9.74. The number of ether oxygens (including phenoxy) is 1. The van der Waals surface area contributed by atoms with Gasteiger partial charge < -0.3 is 20.3 Å². The van der Waals surface area contributed by atoms with Gasteiger partial charge in [0.2, 0.25) is 0 Å². The lowest BCUT2D eigenvalue weighted by molar-refractivity contribution is 0.0117. The Kier molecular flexibility index (Phi) is 6.51. The Morgan fingerprint density at radius 2 is 1.95 bits per heavy atom. The molecule has 0 radical (unpaired) electrons. The zero-order chi connectivity index (χ0) is 16.0. The molecule has 0 saturated carbocycles. The van der Waals surface area contributed by atoms with Crippen LogP contribution in [0.1, 0.15) is 32.4 Å². The normalized spacial score (nSPS) is 14.4. The summed E-state index contributed by atoms with van der Waals surface area (Å²) < 4.78 is 5.07. The second-order valence-electron chi connectivity index (χ2n) is 5.64. The Balaban J connectivity index is 2.59. The minimum Gasteiger partial charge on any atom is -0.444 e. The number of amides is 1. The molecular weight excluding hydrogens is 290 g/mol. The van der Waals surface area contributed by atoms with Crippen LogP contribution in [0.2, 0.25) is 0 Å². The van der Waals surface area contributed by atoms with Gasteiger partial charge in [-0.2, -0.15) is 0 Å². The third-order valence-electron chi connectivity index (χ3n) is 2.68. The second kappa shape index (κ2) is 7.68. The molecule has 0 aliphatic heterocycles. The van der Waals surface area contributed by atoms with E-state index in [9.17, 15) is 15.0 Å². The van der Waals surface area contributed by atoms with E-state index >= 15 is 0 Å². The van der Waals surface area contributed by atoms with Crippen LogP contribution < -0.4 is 5.32 Å². The third-order valence-corrected chi connectivity index (χ3v) is 3.49. The number of aliphatic hydroxyl groups is 2. The number of rotatable bonds is 5. The van der Waals surface area contributed by atoms with Crippen molar-refractivity contribution in [3.63, 3.8) is 0 Å². The number of hydrogen-bond acceptors (Lipinski definition) is 5. The van der Waals surface area contributed by atoms with Crippen LogP contribution in [0, 0.1) is 0 Å². The van der Waals surface area contributed by atoms with E-state index in [-0.39, 0.29) is 6.54 Å². The Morgan fingerprint density at radius 3 is 2.52 bits per heavy atom. The minimum atomic E-state index is -1.11. The molecule has 0 fully saturated rings. The van der Waals surface area contributed by atoms with Crippen molar-refractivity contribution in [1.29, 1.82) is 0 Å². The van der Waals surface area contributed by atoms with E-state index in [1.165, 1.54) is 11.8 Å². The van der Waals surface area contributed by atoms with Gasteiger partial charge in [0.15, 0.2) is 0 Å². The van der Waals surface area contributed by atoms with Gasteiger partial charge in [0.1, 0.15) is 17.8 Å². The van der Waals surface area contributed by atoms with Gasteiger partial charge in [0.05, 0.1) is 0 Å². The van der Waals surface area contributed by atoms with E-state index in [4.69, 9.17) is 4.74 Å². The summed E-state index contributed by atoms with van der Waals surface area (Å²) in [5.74, 6) is 0. The SMILES string of the molecule is CSc1ccccc1C(O)C(O)CNC(=O)OC(C)(C)C. The molecule has 5 nitrogen and oxygen atoms in total. The molecule has 21 heavy (non-hydrogen) atoms. The topological polar surface area (TPSA) is 78.8 Å². The van der Waals surface area contributed by atoms with Crippen LogP contribution in [0.25, 0.3) is 0 Å². The fraction of sp³-hybridized carbons (Fsp3) is 0.533. The van der Waals surface area contributed by atoms with Crippen molar-refractivity contribution in [2.24, 2.45) is 0 Å². The highest BCUT2D eigenvalue weighted by Crippen LogP contribution is 2.27. The maximum absolute atomic E-state index is 11.5. The average Bonchev–Trinajstić information content (AvgIpc) is 2.42. The average molecular weight is 313 g/mol. The molecule has 0 spiro atoms. The van der Waals surface area contributed by atoms with Gasteiger partial charge in [-0.3, -0.25) is 0 Å². The van der Waals surface area contributed by atoms with Gasteiger partial charge in [0, 0.05) is 11.4 Å². The molecule has 0 heterocycles. The van der Waals surface area contributed by atoms with E-state index in [1.807, 2.05) is 18.4 Å². The van der Waals surface area contributed by atoms with Gasteiger partial charge >= 0.3 is 6.09 Å². The summed E-state index contributed by atoms with van der Waals surface area (Å²) in [6.07, 6.45) is -0.891. The summed E-state index contributed by atoms with van der Waals surface area (Å²) in [6, 6.07) is 7.30. The molecular formula is C15H23NO4S. The first kappa shape index (κ1) is 17.8. The quantitative estimate of drug-likeness (QED) is 0.727. The lowest BCUT2D eigenvalue weighted by Crippen LogP contribution is -2.38. The van der Waals surface area contributed by atoms with Crippen LogP contribution in [0.4, 0.5) is 4.79 Å². The maximum Gasteiger partial charge on any atom is 0.407 e. The van der Waals surface area contributed by atoms with Gasteiger partial charge in [-0.25, -0.2) is 4.79 Å². The lowest BCUT2D eigenvalue weighted by Gasteiger charge is -2.23. The monoisotopic (exact) mass is 313 g/mol. The number of nitrogens with one attached hydrogen (secondary N) is 1. The summed E-state index contributed by atoms with van der Waals surface area (Å²) >= 11 is 1.49. The predicted octanol–water partition coefficient (Wildman–Crippen LogP) is 2.33. The maximum atomic E-state index is 11.5. The Hall–Kier alpha value is -1.24. The highest BCUT2D eigenvalue weighted by Gasteiger charge is 2.22. The van der Waals surface area contributed by atoms with Crippen LogP contribution in [-0.2, 0) is 4.74 Å². The zero-order valence-electron chi connectivity index (χ0n) is 12.8. The fourth-order valence-corrected chi connectivity index (χ4v) is 2.37. The third kappa shape index (κ3) is 5.95. The largest absolute Gasteiger partial charge is 0.444 e. The zero-order valence-corrected chi connectivity index (χ0v) is 13.6. The van der Waals surface area contributed by atoms with E-state index < -0.39 is 23.9 Å². The molecule has 1 amide bonds. The summed E-state index contributed by atoms with van der Waals surface area (Å²) in [7, 11) is 0. The lowest BCUT2D eigenvalue weighted by atomic mass is 10.0. The van der Waals surface area contributed by atoms with Gasteiger partial charge in [-0.15, -0.1) is 11.8 Å². The van der Waals surface area contributed by atoms with E-state index in [0.717, 1.165) is 4.90 Å². The molecule has 2 unspecified atom stereocenters. The smallest absolute Gasteiger partial charge is 0.407 e. The molecule has 0 saturated heterocycles. The molecule has 1 rings (SSSR count). The minimum absolute atomic E-state index is 0.0845. The number of benzene rings is 1. The number of hydrogen-bond donors (Lipinski definition) is 3. The van der Waals surface area contributed by atoms with Gasteiger partial charge in [-0.1, -0.05) is 18.2 Å². The highest BCUT2D eigenvalue weighted by atomic mass is 32.2. The van der Waals surface area contributed by atoms with Gasteiger partial charge in [-0.05, 0) is 38.7 Å². The van der Waals surface area contributed by atoms with Crippen molar-refractivity contribution in [3.8, 4) is 0 Å². The van der Waals surface area contributed by atoms with Crippen LogP contribution in [-0.4, -0.2) is 40.8 Å². The van der Waals surface area contributed by atoms with Crippen molar-refractivity contribution in [1.82, 2.24) is 5.32 Å². The number of thioether (sulfide) groups is 1. The van der Waals surface area contributed by atoms with Crippen LogP contribution in [0.5, 0.6) is 0 Å². The Morgan fingerprint density at radius 1 is 1.33 bits per heavy atom. The molecule has 6 heteroatoms. The molecule has 0 aromatic heterocycles. The molecule has 2 atom stereocenters. The molecule has 118 valence electrons. The molecule has 0 bridgehead atoms. The predicted molar refractivity (Wildman–Crippen MR) is 83.4 cm³/mol. The van der Waals surface area contributed by atoms with Crippen molar-refractivity contribution in [2.45, 2.75) is 43.5 Å². The van der Waals surface area contributed by atoms with E-state index in [0.29, 0.717) is 5.56 Å². The Labute approximate surface area is 129 Å². The summed E-state index contributed by atoms with van der Waals surface area (Å²) in [4.78, 5) is 12.4. The first-order valence-electron chi connectivity index (χ1n) is 6.70. The molecule has 0 aliphatic carbocycles. The summed E-state index contributed by atoms with van der Waals surface area (Å²) in [5.41, 5.74) is 0.0440. The molecule has 1 aromatic carbocycles. The van der Waals surface area contributed by atoms with Crippen molar-refractivity contribution < 1.29 is 19.7 Å². The van der Waals surface area contributed by atoms with Crippen molar-refractivity contribution in [2.75, 3.05) is 12.8 Å². The van der Waals surface area contributed by atoms with Gasteiger partial charge in [0.25, 0.3) is 0 Å².